The number of anilines is 1. The van der Waals surface area contributed by atoms with Gasteiger partial charge >= 0.3 is 11.9 Å². The van der Waals surface area contributed by atoms with Crippen LogP contribution in [0, 0.1) is 17.8 Å². The van der Waals surface area contributed by atoms with E-state index in [0.29, 0.717) is 18.6 Å². The second-order valence-corrected chi connectivity index (χ2v) is 6.60. The third kappa shape index (κ3) is 3.07. The van der Waals surface area contributed by atoms with Gasteiger partial charge in [0.25, 0.3) is 5.97 Å². The standard InChI is InChI=1S/C15H15N3O4.C2H4O2/c1-17-11-3-2-7(13(19)20)4-10(11)16-15(17)18-5-8-9(6-18)12(8)14(21)22;1-2(3)4/h2-4,8-9,12H,5-6H2,1H3,(H,19,20)(H,21,22);1H3,(H,3,4)/t8-,9+,12?;. The number of hydrogen-bond acceptors (Lipinski definition) is 5. The minimum absolute atomic E-state index is 0.204. The molecular formula is C17H19N3O6. The van der Waals surface area contributed by atoms with Gasteiger partial charge in [-0.05, 0) is 30.0 Å². The Hall–Kier alpha value is -3.10. The second kappa shape index (κ2) is 6.32. The van der Waals surface area contributed by atoms with Crippen LogP contribution in [0.1, 0.15) is 17.3 Å². The van der Waals surface area contributed by atoms with E-state index in [2.05, 4.69) is 9.88 Å². The third-order valence-corrected chi connectivity index (χ3v) is 4.87. The Balaban J connectivity index is 0.000000447. The molecule has 138 valence electrons. The summed E-state index contributed by atoms with van der Waals surface area (Å²) in [5, 5.41) is 25.5. The first-order valence-corrected chi connectivity index (χ1v) is 8.07. The highest BCUT2D eigenvalue weighted by molar-refractivity contribution is 5.93. The molecule has 0 bridgehead atoms. The normalized spacial score (nSPS) is 23.2. The Morgan fingerprint density at radius 1 is 1.12 bits per heavy atom. The van der Waals surface area contributed by atoms with Crippen LogP contribution in [0.15, 0.2) is 18.2 Å². The molecule has 9 nitrogen and oxygen atoms in total. The molecule has 2 aromatic rings. The predicted molar refractivity (Wildman–Crippen MR) is 91.3 cm³/mol. The molecule has 2 heterocycles. The van der Waals surface area contributed by atoms with Crippen molar-refractivity contribution in [1.82, 2.24) is 9.55 Å². The molecule has 1 saturated heterocycles. The minimum atomic E-state index is -0.971. The lowest BCUT2D eigenvalue weighted by molar-refractivity contribution is -0.139. The zero-order chi connectivity index (χ0) is 19.2. The number of imidazole rings is 1. The van der Waals surface area contributed by atoms with Gasteiger partial charge in [-0.1, -0.05) is 0 Å². The van der Waals surface area contributed by atoms with Gasteiger partial charge in [-0.3, -0.25) is 9.59 Å². The number of aliphatic carboxylic acids is 2. The predicted octanol–water partition coefficient (Wildman–Crippen LogP) is 1.13. The molecular weight excluding hydrogens is 342 g/mol. The van der Waals surface area contributed by atoms with E-state index >= 15 is 0 Å². The fourth-order valence-electron chi connectivity index (χ4n) is 3.66. The van der Waals surface area contributed by atoms with Crippen LogP contribution < -0.4 is 4.90 Å². The summed E-state index contributed by atoms with van der Waals surface area (Å²) in [5.74, 6) is -1.51. The first-order chi connectivity index (χ1) is 12.2. The molecule has 0 amide bonds. The summed E-state index contributed by atoms with van der Waals surface area (Å²) in [4.78, 5) is 37.7. The highest BCUT2D eigenvalue weighted by Crippen LogP contribution is 2.52. The first-order valence-electron chi connectivity index (χ1n) is 8.07. The highest BCUT2D eigenvalue weighted by atomic mass is 16.4. The highest BCUT2D eigenvalue weighted by Gasteiger charge is 2.60. The Labute approximate surface area is 148 Å². The summed E-state index contributed by atoms with van der Waals surface area (Å²) in [7, 11) is 1.89. The largest absolute Gasteiger partial charge is 0.481 e. The van der Waals surface area contributed by atoms with Gasteiger partial charge in [0, 0.05) is 27.1 Å². The van der Waals surface area contributed by atoms with E-state index in [9.17, 15) is 9.59 Å². The number of aromatic nitrogens is 2. The molecule has 1 aliphatic carbocycles. The molecule has 1 saturated carbocycles. The SMILES string of the molecule is CC(=O)O.Cn1c(N2C[C@@H]3C(C(=O)O)[C@@H]3C2)nc2cc(C(=O)O)ccc21. The van der Waals surface area contributed by atoms with Gasteiger partial charge in [-0.15, -0.1) is 0 Å². The van der Waals surface area contributed by atoms with Crippen LogP contribution in [-0.4, -0.2) is 55.9 Å². The lowest BCUT2D eigenvalue weighted by Crippen LogP contribution is -2.28. The Kier molecular flexibility index (Phi) is 4.31. The number of carboxylic acid groups (broad SMARTS) is 3. The molecule has 2 aliphatic rings. The number of carboxylic acids is 3. The van der Waals surface area contributed by atoms with Gasteiger partial charge in [0.1, 0.15) is 0 Å². The summed E-state index contributed by atoms with van der Waals surface area (Å²) in [6.07, 6.45) is 0. The number of fused-ring (bicyclic) bond motifs is 2. The molecule has 1 aromatic carbocycles. The van der Waals surface area contributed by atoms with Gasteiger partial charge < -0.3 is 24.8 Å². The lowest BCUT2D eigenvalue weighted by atomic mass is 10.2. The van der Waals surface area contributed by atoms with E-state index in [1.165, 1.54) is 0 Å². The van der Waals surface area contributed by atoms with E-state index < -0.39 is 17.9 Å². The van der Waals surface area contributed by atoms with Crippen molar-refractivity contribution in [2.45, 2.75) is 6.92 Å². The van der Waals surface area contributed by atoms with Gasteiger partial charge in [0.2, 0.25) is 5.95 Å². The van der Waals surface area contributed by atoms with Crippen molar-refractivity contribution in [2.24, 2.45) is 24.8 Å². The lowest BCUT2D eigenvalue weighted by Gasteiger charge is -2.20. The average Bonchev–Trinajstić information content (AvgIpc) is 2.90. The number of nitrogens with zero attached hydrogens (tertiary/aromatic N) is 3. The Morgan fingerprint density at radius 3 is 2.19 bits per heavy atom. The van der Waals surface area contributed by atoms with Crippen LogP contribution in [-0.2, 0) is 16.6 Å². The van der Waals surface area contributed by atoms with Crippen molar-refractivity contribution in [1.29, 1.82) is 0 Å². The van der Waals surface area contributed by atoms with Crippen molar-refractivity contribution in [3.05, 3.63) is 23.8 Å². The molecule has 9 heteroatoms. The number of rotatable bonds is 3. The molecule has 3 N–H and O–H groups in total. The van der Waals surface area contributed by atoms with Gasteiger partial charge in [0.15, 0.2) is 0 Å². The van der Waals surface area contributed by atoms with Crippen molar-refractivity contribution in [2.75, 3.05) is 18.0 Å². The number of benzene rings is 1. The molecule has 1 aliphatic heterocycles. The molecule has 0 radical (unpaired) electrons. The van der Waals surface area contributed by atoms with Crippen LogP contribution in [0.2, 0.25) is 0 Å². The molecule has 4 rings (SSSR count). The van der Waals surface area contributed by atoms with Crippen LogP contribution in [0.25, 0.3) is 11.0 Å². The topological polar surface area (TPSA) is 133 Å². The summed E-state index contributed by atoms with van der Waals surface area (Å²) < 4.78 is 1.93. The molecule has 1 aromatic heterocycles. The van der Waals surface area contributed by atoms with Crippen LogP contribution in [0.3, 0.4) is 0 Å². The van der Waals surface area contributed by atoms with Gasteiger partial charge in [0.05, 0.1) is 22.5 Å². The molecule has 2 fully saturated rings. The van der Waals surface area contributed by atoms with Crippen LogP contribution in [0.4, 0.5) is 5.95 Å². The number of aryl methyl sites for hydroxylation is 1. The van der Waals surface area contributed by atoms with E-state index in [1.54, 1.807) is 18.2 Å². The number of hydrogen-bond donors (Lipinski definition) is 3. The van der Waals surface area contributed by atoms with Crippen molar-refractivity contribution in [3.8, 4) is 0 Å². The maximum absolute atomic E-state index is 11.0. The van der Waals surface area contributed by atoms with Crippen LogP contribution >= 0.6 is 0 Å². The molecule has 0 spiro atoms. The van der Waals surface area contributed by atoms with Gasteiger partial charge in [-0.2, -0.15) is 0 Å². The summed E-state index contributed by atoms with van der Waals surface area (Å²) in [5.41, 5.74) is 1.73. The number of aromatic carboxylic acids is 1. The third-order valence-electron chi connectivity index (χ3n) is 4.87. The van der Waals surface area contributed by atoms with Crippen molar-refractivity contribution >= 4 is 34.9 Å². The molecule has 3 atom stereocenters. The van der Waals surface area contributed by atoms with E-state index in [0.717, 1.165) is 18.4 Å². The Morgan fingerprint density at radius 2 is 1.69 bits per heavy atom. The first kappa shape index (κ1) is 17.7. The van der Waals surface area contributed by atoms with E-state index in [1.807, 2.05) is 11.6 Å². The quantitative estimate of drug-likeness (QED) is 0.741. The maximum Gasteiger partial charge on any atom is 0.335 e. The van der Waals surface area contributed by atoms with Crippen molar-refractivity contribution in [3.63, 3.8) is 0 Å². The van der Waals surface area contributed by atoms with Crippen LogP contribution in [0.5, 0.6) is 0 Å². The summed E-state index contributed by atoms with van der Waals surface area (Å²) in [6, 6.07) is 4.89. The second-order valence-electron chi connectivity index (χ2n) is 6.60. The number of carbonyl (C=O) groups is 3. The summed E-state index contributed by atoms with van der Waals surface area (Å²) in [6.45, 7) is 2.48. The fourth-order valence-corrected chi connectivity index (χ4v) is 3.66. The number of piperidine rings is 1. The smallest absolute Gasteiger partial charge is 0.335 e. The summed E-state index contributed by atoms with van der Waals surface area (Å²) >= 11 is 0. The Bertz CT molecular complexity index is 889. The fraction of sp³-hybridized carbons (Fsp3) is 0.412. The maximum atomic E-state index is 11.0. The van der Waals surface area contributed by atoms with E-state index in [4.69, 9.17) is 20.1 Å². The monoisotopic (exact) mass is 361 g/mol. The van der Waals surface area contributed by atoms with E-state index in [-0.39, 0.29) is 23.3 Å². The average molecular weight is 361 g/mol. The van der Waals surface area contributed by atoms with Gasteiger partial charge in [-0.25, -0.2) is 9.78 Å². The molecule has 1 unspecified atom stereocenters. The minimum Gasteiger partial charge on any atom is -0.481 e. The van der Waals surface area contributed by atoms with Crippen molar-refractivity contribution < 1.29 is 29.7 Å². The zero-order valence-corrected chi connectivity index (χ0v) is 14.3. The molecule has 26 heavy (non-hydrogen) atoms. The zero-order valence-electron chi connectivity index (χ0n) is 14.3.